The Bertz CT molecular complexity index is 1270. The lowest BCUT2D eigenvalue weighted by Gasteiger charge is -2.21. The molecule has 0 bridgehead atoms. The molecule has 3 N–H and O–H groups in total. The summed E-state index contributed by atoms with van der Waals surface area (Å²) in [6, 6.07) is 19.4. The number of benzene rings is 3. The van der Waals surface area contributed by atoms with E-state index in [4.69, 9.17) is 0 Å². The van der Waals surface area contributed by atoms with Crippen LogP contribution in [0.25, 0.3) is 0 Å². The van der Waals surface area contributed by atoms with Crippen molar-refractivity contribution < 1.29 is 18.0 Å². The van der Waals surface area contributed by atoms with Crippen molar-refractivity contribution in [3.05, 3.63) is 89.5 Å². The van der Waals surface area contributed by atoms with Crippen molar-refractivity contribution >= 4 is 33.2 Å². The highest BCUT2D eigenvalue weighted by atomic mass is 32.2. The lowest BCUT2D eigenvalue weighted by molar-refractivity contribution is -0.118. The molecule has 0 saturated carbocycles. The molecule has 1 atom stereocenters. The van der Waals surface area contributed by atoms with Gasteiger partial charge in [-0.1, -0.05) is 42.5 Å². The van der Waals surface area contributed by atoms with Crippen LogP contribution in [0.3, 0.4) is 0 Å². The molecule has 0 radical (unpaired) electrons. The fourth-order valence-electron chi connectivity index (χ4n) is 3.61. The molecule has 1 aliphatic rings. The van der Waals surface area contributed by atoms with Gasteiger partial charge in [0.05, 0.1) is 4.90 Å². The maximum Gasteiger partial charge on any atom is 0.247 e. The summed E-state index contributed by atoms with van der Waals surface area (Å²) in [7, 11) is -4.02. The molecule has 0 spiro atoms. The van der Waals surface area contributed by atoms with Crippen molar-refractivity contribution in [2.24, 2.45) is 0 Å². The largest absolute Gasteiger partial charge is 0.326 e. The van der Waals surface area contributed by atoms with Crippen LogP contribution >= 0.6 is 0 Å². The molecule has 3 aromatic rings. The van der Waals surface area contributed by atoms with Gasteiger partial charge in [-0.15, -0.1) is 0 Å². The van der Waals surface area contributed by atoms with Gasteiger partial charge in [0.1, 0.15) is 6.04 Å². The molecule has 1 heterocycles. The first-order valence-corrected chi connectivity index (χ1v) is 11.7. The van der Waals surface area contributed by atoms with E-state index in [-0.39, 0.29) is 10.8 Å². The number of hydrogen-bond donors (Lipinski definition) is 3. The Balaban J connectivity index is 1.63. The second-order valence-electron chi connectivity index (χ2n) is 7.69. The topological polar surface area (TPSA) is 104 Å². The minimum atomic E-state index is -4.02. The summed E-state index contributed by atoms with van der Waals surface area (Å²) in [5.74, 6) is -0.584. The van der Waals surface area contributed by atoms with Crippen LogP contribution in [0.5, 0.6) is 0 Å². The molecular weight excluding hydrogens is 426 g/mol. The number of sulfonamides is 1. The quantitative estimate of drug-likeness (QED) is 0.535. The number of anilines is 2. The zero-order valence-corrected chi connectivity index (χ0v) is 18.3. The Morgan fingerprint density at radius 3 is 2.50 bits per heavy atom. The third-order valence-electron chi connectivity index (χ3n) is 5.24. The Labute approximate surface area is 186 Å². The molecule has 0 saturated heterocycles. The summed E-state index contributed by atoms with van der Waals surface area (Å²) < 4.78 is 28.9. The first-order valence-electron chi connectivity index (χ1n) is 10.2. The standard InChI is InChI=1S/C24H23N3O4S/c1-16-6-5-9-19(14-16)25-24(29)23(17-7-3-2-4-8-17)27-32(30,31)20-11-12-21-18(15-20)10-13-22(28)26-21/h2-9,11-12,14-15,23,27H,10,13H2,1H3,(H,25,29)(H,26,28). The second-order valence-corrected chi connectivity index (χ2v) is 9.40. The van der Waals surface area contributed by atoms with Crippen molar-refractivity contribution in [1.29, 1.82) is 0 Å². The number of fused-ring (bicyclic) bond motifs is 1. The van der Waals surface area contributed by atoms with Gasteiger partial charge in [-0.3, -0.25) is 9.59 Å². The second kappa shape index (κ2) is 8.94. The minimum Gasteiger partial charge on any atom is -0.326 e. The Morgan fingerprint density at radius 2 is 1.75 bits per heavy atom. The maximum absolute atomic E-state index is 13.2. The predicted molar refractivity (Wildman–Crippen MR) is 123 cm³/mol. The molecule has 4 rings (SSSR count). The van der Waals surface area contributed by atoms with Gasteiger partial charge < -0.3 is 10.6 Å². The Morgan fingerprint density at radius 1 is 0.969 bits per heavy atom. The van der Waals surface area contributed by atoms with Crippen LogP contribution in [-0.2, 0) is 26.0 Å². The van der Waals surface area contributed by atoms with E-state index >= 15 is 0 Å². The fourth-order valence-corrected chi connectivity index (χ4v) is 4.84. The average Bonchev–Trinajstić information content (AvgIpc) is 2.77. The summed E-state index contributed by atoms with van der Waals surface area (Å²) in [6.07, 6.45) is 0.760. The van der Waals surface area contributed by atoms with Crippen molar-refractivity contribution in [3.8, 4) is 0 Å². The zero-order chi connectivity index (χ0) is 22.7. The van der Waals surface area contributed by atoms with Crippen molar-refractivity contribution in [2.75, 3.05) is 10.6 Å². The molecule has 0 fully saturated rings. The number of rotatable bonds is 6. The molecule has 3 aromatic carbocycles. The van der Waals surface area contributed by atoms with E-state index in [1.165, 1.54) is 12.1 Å². The average molecular weight is 450 g/mol. The van der Waals surface area contributed by atoms with Gasteiger partial charge in [0.15, 0.2) is 0 Å². The van der Waals surface area contributed by atoms with Crippen LogP contribution in [-0.4, -0.2) is 20.2 Å². The minimum absolute atomic E-state index is 0.0386. The molecule has 32 heavy (non-hydrogen) atoms. The molecule has 0 aromatic heterocycles. The third-order valence-corrected chi connectivity index (χ3v) is 6.66. The van der Waals surface area contributed by atoms with E-state index in [0.29, 0.717) is 29.8 Å². The van der Waals surface area contributed by atoms with E-state index in [1.807, 2.05) is 25.1 Å². The third kappa shape index (κ3) is 4.87. The molecule has 1 aliphatic heterocycles. The van der Waals surface area contributed by atoms with Gasteiger partial charge in [-0.2, -0.15) is 4.72 Å². The van der Waals surface area contributed by atoms with Gasteiger partial charge in [0.25, 0.3) is 0 Å². The normalized spacial score (nSPS) is 14.2. The Hall–Kier alpha value is -3.49. The molecule has 2 amide bonds. The summed E-state index contributed by atoms with van der Waals surface area (Å²) >= 11 is 0. The Kier molecular flexibility index (Phi) is 6.07. The molecule has 0 aliphatic carbocycles. The first-order chi connectivity index (χ1) is 15.3. The van der Waals surface area contributed by atoms with Gasteiger partial charge >= 0.3 is 0 Å². The monoisotopic (exact) mass is 449 g/mol. The lowest BCUT2D eigenvalue weighted by atomic mass is 10.0. The summed E-state index contributed by atoms with van der Waals surface area (Å²) in [5.41, 5.74) is 3.43. The molecule has 164 valence electrons. The fraction of sp³-hybridized carbons (Fsp3) is 0.167. The van der Waals surface area contributed by atoms with E-state index < -0.39 is 22.0 Å². The maximum atomic E-state index is 13.2. The van der Waals surface area contributed by atoms with Crippen molar-refractivity contribution in [1.82, 2.24) is 4.72 Å². The number of amides is 2. The number of nitrogens with one attached hydrogen (secondary N) is 3. The zero-order valence-electron chi connectivity index (χ0n) is 17.5. The van der Waals surface area contributed by atoms with E-state index in [9.17, 15) is 18.0 Å². The molecule has 8 heteroatoms. The van der Waals surface area contributed by atoms with Crippen LogP contribution in [0.15, 0.2) is 77.7 Å². The SMILES string of the molecule is Cc1cccc(NC(=O)C(NS(=O)(=O)c2ccc3c(c2)CCC(=O)N3)c2ccccc2)c1. The number of hydrogen-bond acceptors (Lipinski definition) is 4. The van der Waals surface area contributed by atoms with Crippen LogP contribution in [0.4, 0.5) is 11.4 Å². The van der Waals surface area contributed by atoms with Crippen molar-refractivity contribution in [3.63, 3.8) is 0 Å². The van der Waals surface area contributed by atoms with Gasteiger partial charge in [-0.05, 0) is 60.4 Å². The molecular formula is C24H23N3O4S. The lowest BCUT2D eigenvalue weighted by Crippen LogP contribution is -2.37. The first kappa shape index (κ1) is 21.7. The summed E-state index contributed by atoms with van der Waals surface area (Å²) in [6.45, 7) is 1.91. The highest BCUT2D eigenvalue weighted by Crippen LogP contribution is 2.27. The number of aryl methyl sites for hydroxylation is 2. The van der Waals surface area contributed by atoms with Crippen molar-refractivity contribution in [2.45, 2.75) is 30.7 Å². The molecule has 7 nitrogen and oxygen atoms in total. The smallest absolute Gasteiger partial charge is 0.247 e. The summed E-state index contributed by atoms with van der Waals surface area (Å²) in [4.78, 5) is 24.7. The predicted octanol–water partition coefficient (Wildman–Crippen LogP) is 3.54. The number of carbonyl (C=O) groups excluding carboxylic acids is 2. The van der Waals surface area contributed by atoms with Crippen LogP contribution in [0.1, 0.15) is 29.2 Å². The van der Waals surface area contributed by atoms with Gasteiger partial charge in [-0.25, -0.2) is 8.42 Å². The summed E-state index contributed by atoms with van der Waals surface area (Å²) in [5, 5.41) is 5.53. The highest BCUT2D eigenvalue weighted by molar-refractivity contribution is 7.89. The van der Waals surface area contributed by atoms with E-state index in [1.54, 1.807) is 42.5 Å². The van der Waals surface area contributed by atoms with E-state index in [2.05, 4.69) is 15.4 Å². The molecule has 1 unspecified atom stereocenters. The van der Waals surface area contributed by atoms with Crippen LogP contribution < -0.4 is 15.4 Å². The van der Waals surface area contributed by atoms with Crippen LogP contribution in [0, 0.1) is 6.92 Å². The van der Waals surface area contributed by atoms with Gasteiger partial charge in [0.2, 0.25) is 21.8 Å². The highest BCUT2D eigenvalue weighted by Gasteiger charge is 2.28. The van der Waals surface area contributed by atoms with E-state index in [0.717, 1.165) is 11.1 Å². The van der Waals surface area contributed by atoms with Gasteiger partial charge in [0, 0.05) is 17.8 Å². The number of carbonyl (C=O) groups is 2. The van der Waals surface area contributed by atoms with Crippen LogP contribution in [0.2, 0.25) is 0 Å².